The molecule has 0 radical (unpaired) electrons. The molecular weight excluding hydrogens is 240 g/mol. The van der Waals surface area contributed by atoms with Gasteiger partial charge in [0.25, 0.3) is 0 Å². The fourth-order valence-corrected chi connectivity index (χ4v) is 2.52. The molecule has 0 bridgehead atoms. The number of aromatic amines is 1. The zero-order chi connectivity index (χ0) is 13.1. The maximum atomic E-state index is 5.52. The molecule has 0 amide bonds. The first-order chi connectivity index (χ1) is 9.36. The van der Waals surface area contributed by atoms with Gasteiger partial charge in [-0.2, -0.15) is 15.4 Å². The number of hydrogen-bond acceptors (Lipinski definition) is 4. The Balaban J connectivity index is 1.65. The van der Waals surface area contributed by atoms with Crippen LogP contribution in [0.15, 0.2) is 24.4 Å². The molecule has 0 saturated heterocycles. The highest BCUT2D eigenvalue weighted by Crippen LogP contribution is 2.27. The summed E-state index contributed by atoms with van der Waals surface area (Å²) in [6.45, 7) is 0.816. The topological polar surface area (TPSA) is 62.8 Å². The van der Waals surface area contributed by atoms with Gasteiger partial charge in [0, 0.05) is 6.42 Å². The number of ether oxygens (including phenoxy) is 1. The van der Waals surface area contributed by atoms with Crippen LogP contribution in [0.3, 0.4) is 0 Å². The molecule has 1 unspecified atom stereocenters. The number of rotatable bonds is 5. The molecular formula is C14H18N4O. The van der Waals surface area contributed by atoms with E-state index in [2.05, 4.69) is 38.9 Å². The summed E-state index contributed by atoms with van der Waals surface area (Å²) in [5, 5.41) is 13.9. The maximum Gasteiger partial charge on any atom is 0.122 e. The van der Waals surface area contributed by atoms with E-state index in [0.29, 0.717) is 0 Å². The van der Waals surface area contributed by atoms with Gasteiger partial charge in [-0.15, -0.1) is 0 Å². The van der Waals surface area contributed by atoms with Crippen LogP contribution >= 0.6 is 0 Å². The number of benzene rings is 1. The van der Waals surface area contributed by atoms with Crippen molar-refractivity contribution in [2.45, 2.75) is 25.3 Å². The minimum Gasteiger partial charge on any atom is -0.493 e. The quantitative estimate of drug-likeness (QED) is 0.855. The largest absolute Gasteiger partial charge is 0.493 e. The third-order valence-corrected chi connectivity index (χ3v) is 3.61. The van der Waals surface area contributed by atoms with Crippen LogP contribution in [0.25, 0.3) is 0 Å². The van der Waals surface area contributed by atoms with Crippen molar-refractivity contribution in [2.75, 3.05) is 13.7 Å². The molecule has 0 saturated carbocycles. The lowest BCUT2D eigenvalue weighted by atomic mass is 10.0. The lowest BCUT2D eigenvalue weighted by Gasteiger charge is -2.13. The zero-order valence-corrected chi connectivity index (χ0v) is 11.0. The van der Waals surface area contributed by atoms with Crippen LogP contribution in [-0.2, 0) is 12.8 Å². The summed E-state index contributed by atoms with van der Waals surface area (Å²) in [6.07, 6.45) is 4.83. The van der Waals surface area contributed by atoms with Crippen LogP contribution in [0.2, 0.25) is 0 Å². The maximum absolute atomic E-state index is 5.52. The molecule has 19 heavy (non-hydrogen) atoms. The van der Waals surface area contributed by atoms with Crippen LogP contribution in [0, 0.1) is 0 Å². The van der Waals surface area contributed by atoms with Crippen molar-refractivity contribution in [3.8, 4) is 5.75 Å². The van der Waals surface area contributed by atoms with Crippen molar-refractivity contribution in [3.63, 3.8) is 0 Å². The SMILES string of the molecule is CNC(CCc1ccc2c(c1)CCO2)c1cn[nH]n1. The number of hydrogen-bond donors (Lipinski definition) is 2. The number of aryl methyl sites for hydroxylation is 1. The molecule has 0 aliphatic carbocycles. The Kier molecular flexibility index (Phi) is 3.46. The van der Waals surface area contributed by atoms with Gasteiger partial charge in [-0.05, 0) is 37.1 Å². The van der Waals surface area contributed by atoms with E-state index in [1.807, 2.05) is 7.05 Å². The highest BCUT2D eigenvalue weighted by atomic mass is 16.5. The van der Waals surface area contributed by atoms with Crippen LogP contribution < -0.4 is 10.1 Å². The predicted octanol–water partition coefficient (Wildman–Crippen LogP) is 1.63. The number of fused-ring (bicyclic) bond motifs is 1. The van der Waals surface area contributed by atoms with Crippen LogP contribution in [0.5, 0.6) is 5.75 Å². The summed E-state index contributed by atoms with van der Waals surface area (Å²) in [5.74, 6) is 1.05. The van der Waals surface area contributed by atoms with Gasteiger partial charge in [-0.1, -0.05) is 12.1 Å². The fourth-order valence-electron chi connectivity index (χ4n) is 2.52. The Labute approximate surface area is 112 Å². The molecule has 1 aliphatic heterocycles. The van der Waals surface area contributed by atoms with Crippen molar-refractivity contribution < 1.29 is 4.74 Å². The number of aromatic nitrogens is 3. The van der Waals surface area contributed by atoms with E-state index in [1.54, 1.807) is 6.20 Å². The molecule has 100 valence electrons. The van der Waals surface area contributed by atoms with E-state index in [-0.39, 0.29) is 6.04 Å². The first kappa shape index (κ1) is 12.2. The van der Waals surface area contributed by atoms with E-state index in [0.717, 1.165) is 37.3 Å². The second-order valence-electron chi connectivity index (χ2n) is 4.82. The van der Waals surface area contributed by atoms with E-state index in [1.165, 1.54) is 11.1 Å². The Bertz CT molecular complexity index is 538. The summed E-state index contributed by atoms with van der Waals surface area (Å²) in [5.41, 5.74) is 3.65. The van der Waals surface area contributed by atoms with Gasteiger partial charge >= 0.3 is 0 Å². The summed E-state index contributed by atoms with van der Waals surface area (Å²) < 4.78 is 5.52. The zero-order valence-electron chi connectivity index (χ0n) is 11.0. The van der Waals surface area contributed by atoms with Gasteiger partial charge in [0.1, 0.15) is 5.75 Å². The normalized spacial score (nSPS) is 15.0. The molecule has 1 aromatic heterocycles. The molecule has 0 fully saturated rings. The lowest BCUT2D eigenvalue weighted by molar-refractivity contribution is 0.357. The fraction of sp³-hybridized carbons (Fsp3) is 0.429. The minimum atomic E-state index is 0.239. The smallest absolute Gasteiger partial charge is 0.122 e. The summed E-state index contributed by atoms with van der Waals surface area (Å²) in [7, 11) is 1.95. The standard InChI is InChI=1S/C14H18N4O/c1-15-12(13-9-16-18-17-13)4-2-10-3-5-14-11(8-10)6-7-19-14/h3,5,8-9,12,15H,2,4,6-7H2,1H3,(H,16,17,18). The molecule has 1 atom stereocenters. The Morgan fingerprint density at radius 2 is 2.42 bits per heavy atom. The van der Waals surface area contributed by atoms with Gasteiger partial charge in [-0.25, -0.2) is 0 Å². The molecule has 5 heteroatoms. The molecule has 2 heterocycles. The van der Waals surface area contributed by atoms with E-state index in [4.69, 9.17) is 4.74 Å². The molecule has 5 nitrogen and oxygen atoms in total. The molecule has 2 N–H and O–H groups in total. The monoisotopic (exact) mass is 258 g/mol. The number of H-pyrrole nitrogens is 1. The average molecular weight is 258 g/mol. The van der Waals surface area contributed by atoms with Gasteiger partial charge in [0.15, 0.2) is 0 Å². The lowest BCUT2D eigenvalue weighted by Crippen LogP contribution is -2.17. The number of nitrogens with zero attached hydrogens (tertiary/aromatic N) is 2. The number of nitrogens with one attached hydrogen (secondary N) is 2. The van der Waals surface area contributed by atoms with Crippen molar-refractivity contribution >= 4 is 0 Å². The predicted molar refractivity (Wildman–Crippen MR) is 72.1 cm³/mol. The molecule has 0 spiro atoms. The first-order valence-corrected chi connectivity index (χ1v) is 6.64. The summed E-state index contributed by atoms with van der Waals surface area (Å²) >= 11 is 0. The van der Waals surface area contributed by atoms with Crippen LogP contribution in [0.1, 0.15) is 29.3 Å². The third kappa shape index (κ3) is 2.61. The van der Waals surface area contributed by atoms with Crippen LogP contribution in [-0.4, -0.2) is 29.1 Å². The second kappa shape index (κ2) is 5.40. The molecule has 1 aromatic carbocycles. The van der Waals surface area contributed by atoms with E-state index < -0.39 is 0 Å². The molecule has 1 aliphatic rings. The Morgan fingerprint density at radius 3 is 3.21 bits per heavy atom. The minimum absolute atomic E-state index is 0.239. The first-order valence-electron chi connectivity index (χ1n) is 6.64. The second-order valence-corrected chi connectivity index (χ2v) is 4.82. The highest BCUT2D eigenvalue weighted by Gasteiger charge is 2.14. The van der Waals surface area contributed by atoms with Crippen LogP contribution in [0.4, 0.5) is 0 Å². The van der Waals surface area contributed by atoms with Gasteiger partial charge in [0.05, 0.1) is 24.5 Å². The van der Waals surface area contributed by atoms with Crippen molar-refractivity contribution in [1.82, 2.24) is 20.7 Å². The van der Waals surface area contributed by atoms with Gasteiger partial charge < -0.3 is 10.1 Å². The Hall–Kier alpha value is -1.88. The van der Waals surface area contributed by atoms with Gasteiger partial charge in [-0.3, -0.25) is 0 Å². The van der Waals surface area contributed by atoms with Crippen molar-refractivity contribution in [1.29, 1.82) is 0 Å². The molecule has 2 aromatic rings. The summed E-state index contributed by atoms with van der Waals surface area (Å²) in [6, 6.07) is 6.74. The summed E-state index contributed by atoms with van der Waals surface area (Å²) in [4.78, 5) is 0. The van der Waals surface area contributed by atoms with E-state index >= 15 is 0 Å². The third-order valence-electron chi connectivity index (χ3n) is 3.61. The molecule has 3 rings (SSSR count). The van der Waals surface area contributed by atoms with Crippen molar-refractivity contribution in [3.05, 3.63) is 41.2 Å². The highest BCUT2D eigenvalue weighted by molar-refractivity contribution is 5.39. The average Bonchev–Trinajstić information content (AvgIpc) is 3.10. The van der Waals surface area contributed by atoms with E-state index in [9.17, 15) is 0 Å². The van der Waals surface area contributed by atoms with Gasteiger partial charge in [0.2, 0.25) is 0 Å². The van der Waals surface area contributed by atoms with Crippen molar-refractivity contribution in [2.24, 2.45) is 0 Å². The Morgan fingerprint density at radius 1 is 1.47 bits per heavy atom.